The fourth-order valence-corrected chi connectivity index (χ4v) is 5.46. The molecule has 0 saturated heterocycles. The molecule has 0 atom stereocenters. The third kappa shape index (κ3) is 1.46. The number of methoxy groups -OCH3 is 1. The van der Waals surface area contributed by atoms with Crippen LogP contribution >= 0.6 is 0 Å². The molecule has 1 aromatic carbocycles. The molecule has 0 N–H and O–H groups in total. The van der Waals surface area contributed by atoms with E-state index in [1.54, 1.807) is 7.11 Å². The fourth-order valence-electron chi connectivity index (χ4n) is 5.46. The Balaban J connectivity index is 1.79. The summed E-state index contributed by atoms with van der Waals surface area (Å²) in [5.41, 5.74) is 1.91. The molecule has 0 heterocycles. The maximum absolute atomic E-state index is 5.60. The molecule has 5 rings (SSSR count). The van der Waals surface area contributed by atoms with Gasteiger partial charge in [-0.05, 0) is 73.8 Å². The van der Waals surface area contributed by atoms with Crippen molar-refractivity contribution in [3.63, 3.8) is 0 Å². The molecule has 1 heteroatoms. The number of hydrogen-bond donors (Lipinski definition) is 0. The molecule has 0 unspecified atom stereocenters. The van der Waals surface area contributed by atoms with E-state index < -0.39 is 0 Å². The Morgan fingerprint density at radius 1 is 1.11 bits per heavy atom. The van der Waals surface area contributed by atoms with Crippen LogP contribution in [-0.2, 0) is 5.41 Å². The summed E-state index contributed by atoms with van der Waals surface area (Å²) in [5.74, 6) is 4.04. The van der Waals surface area contributed by atoms with Crippen molar-refractivity contribution < 1.29 is 4.74 Å². The predicted molar refractivity (Wildman–Crippen MR) is 71.7 cm³/mol. The molecule has 18 heavy (non-hydrogen) atoms. The Morgan fingerprint density at radius 2 is 1.72 bits per heavy atom. The van der Waals surface area contributed by atoms with Gasteiger partial charge >= 0.3 is 0 Å². The van der Waals surface area contributed by atoms with Crippen LogP contribution in [0.3, 0.4) is 0 Å². The summed E-state index contributed by atoms with van der Waals surface area (Å²) in [7, 11) is 1.80. The van der Waals surface area contributed by atoms with Crippen molar-refractivity contribution >= 4 is 0 Å². The molecule has 0 aromatic heterocycles. The number of rotatable bonds is 2. The molecule has 4 fully saturated rings. The third-order valence-corrected chi connectivity index (χ3v) is 5.66. The minimum atomic E-state index is 0.440. The summed E-state index contributed by atoms with van der Waals surface area (Å²) in [6.45, 7) is 0. The van der Waals surface area contributed by atoms with Gasteiger partial charge in [-0.1, -0.05) is 12.1 Å². The van der Waals surface area contributed by atoms with Gasteiger partial charge in [0.1, 0.15) is 5.75 Å². The molecule has 0 spiro atoms. The van der Waals surface area contributed by atoms with E-state index in [0.29, 0.717) is 5.41 Å². The first-order valence-corrected chi connectivity index (χ1v) is 7.34. The summed E-state index contributed by atoms with van der Waals surface area (Å²) in [6, 6.07) is 9.52. The summed E-state index contributed by atoms with van der Waals surface area (Å²) < 4.78 is 5.60. The first-order chi connectivity index (χ1) is 8.79. The molecule has 0 amide bonds. The average Bonchev–Trinajstić information content (AvgIpc) is 2.37. The van der Waals surface area contributed by atoms with E-state index in [4.69, 9.17) is 4.74 Å². The van der Waals surface area contributed by atoms with Crippen molar-refractivity contribution in [2.75, 3.05) is 7.11 Å². The van der Waals surface area contributed by atoms with Crippen LogP contribution in [0.2, 0.25) is 0 Å². The molecule has 4 saturated carbocycles. The first kappa shape index (κ1) is 10.9. The standard InChI is InChI=1S/C17H21O/c1-18-16-5-3-2-4-15(16)17-9-12-6-13(10-17)8-14(7-12)11-17/h2,4-5,12-14H,6-11H2,1H3. The highest BCUT2D eigenvalue weighted by Gasteiger charge is 2.52. The number of ether oxygens (including phenoxy) is 1. The number of hydrogen-bond acceptors (Lipinski definition) is 1. The summed E-state index contributed by atoms with van der Waals surface area (Å²) in [4.78, 5) is 0. The molecule has 95 valence electrons. The lowest BCUT2D eigenvalue weighted by Gasteiger charge is -2.57. The molecule has 1 aromatic rings. The van der Waals surface area contributed by atoms with Crippen LogP contribution in [-0.4, -0.2) is 7.11 Å². The van der Waals surface area contributed by atoms with Crippen LogP contribution in [0.5, 0.6) is 5.75 Å². The van der Waals surface area contributed by atoms with Gasteiger partial charge in [0.25, 0.3) is 0 Å². The quantitative estimate of drug-likeness (QED) is 0.761. The van der Waals surface area contributed by atoms with E-state index in [1.807, 2.05) is 6.07 Å². The van der Waals surface area contributed by atoms with Crippen molar-refractivity contribution in [2.45, 2.75) is 43.9 Å². The van der Waals surface area contributed by atoms with Gasteiger partial charge < -0.3 is 4.74 Å². The Bertz CT molecular complexity index is 427. The normalized spacial score (nSPS) is 41.1. The SMILES string of the molecule is COc1c[c]ccc1C12CC3CC(CC(C3)C1)C2. The molecule has 0 aliphatic heterocycles. The fraction of sp³-hybridized carbons (Fsp3) is 0.647. The zero-order valence-corrected chi connectivity index (χ0v) is 11.1. The van der Waals surface area contributed by atoms with E-state index >= 15 is 0 Å². The minimum Gasteiger partial charge on any atom is -0.496 e. The van der Waals surface area contributed by atoms with Crippen molar-refractivity contribution in [3.05, 3.63) is 29.8 Å². The highest BCUT2D eigenvalue weighted by molar-refractivity contribution is 5.41. The summed E-state index contributed by atoms with van der Waals surface area (Å²) >= 11 is 0. The monoisotopic (exact) mass is 241 g/mol. The van der Waals surface area contributed by atoms with Crippen LogP contribution in [0.25, 0.3) is 0 Å². The molecule has 4 bridgehead atoms. The van der Waals surface area contributed by atoms with Gasteiger partial charge in [0, 0.05) is 5.56 Å². The second kappa shape index (κ2) is 3.76. The van der Waals surface area contributed by atoms with Gasteiger partial charge in [-0.3, -0.25) is 0 Å². The first-order valence-electron chi connectivity index (χ1n) is 7.34. The van der Waals surface area contributed by atoms with Crippen LogP contribution in [0.1, 0.15) is 44.1 Å². The zero-order valence-electron chi connectivity index (χ0n) is 11.1. The van der Waals surface area contributed by atoms with E-state index in [9.17, 15) is 0 Å². The van der Waals surface area contributed by atoms with Crippen molar-refractivity contribution in [2.24, 2.45) is 17.8 Å². The summed E-state index contributed by atoms with van der Waals surface area (Å²) in [5, 5.41) is 0. The Labute approximate surface area is 110 Å². The van der Waals surface area contributed by atoms with Crippen molar-refractivity contribution in [1.29, 1.82) is 0 Å². The van der Waals surface area contributed by atoms with Gasteiger partial charge in [-0.2, -0.15) is 0 Å². The Morgan fingerprint density at radius 3 is 2.28 bits per heavy atom. The molecular formula is C17H21O. The van der Waals surface area contributed by atoms with Gasteiger partial charge in [0.05, 0.1) is 7.11 Å². The van der Waals surface area contributed by atoms with Gasteiger partial charge in [0.2, 0.25) is 0 Å². The van der Waals surface area contributed by atoms with Crippen molar-refractivity contribution in [1.82, 2.24) is 0 Å². The van der Waals surface area contributed by atoms with Crippen LogP contribution < -0.4 is 4.74 Å². The second-order valence-electron chi connectivity index (χ2n) is 6.82. The lowest BCUT2D eigenvalue weighted by molar-refractivity contribution is -0.00615. The van der Waals surface area contributed by atoms with Gasteiger partial charge in [0.15, 0.2) is 0 Å². The van der Waals surface area contributed by atoms with E-state index in [0.717, 1.165) is 23.5 Å². The molecule has 1 nitrogen and oxygen atoms in total. The van der Waals surface area contributed by atoms with Crippen LogP contribution in [0.15, 0.2) is 18.2 Å². The lowest BCUT2D eigenvalue weighted by Crippen LogP contribution is -2.48. The van der Waals surface area contributed by atoms with Gasteiger partial charge in [-0.25, -0.2) is 0 Å². The Hall–Kier alpha value is -0.980. The molecule has 4 aliphatic rings. The molecule has 4 aliphatic carbocycles. The predicted octanol–water partition coefficient (Wildman–Crippen LogP) is 3.96. The third-order valence-electron chi connectivity index (χ3n) is 5.66. The number of benzene rings is 1. The highest BCUT2D eigenvalue weighted by atomic mass is 16.5. The van der Waals surface area contributed by atoms with E-state index in [-0.39, 0.29) is 0 Å². The Kier molecular flexibility index (Phi) is 2.27. The maximum atomic E-state index is 5.60. The lowest BCUT2D eigenvalue weighted by atomic mass is 9.48. The second-order valence-corrected chi connectivity index (χ2v) is 6.82. The molecule has 1 radical (unpaired) electrons. The minimum absolute atomic E-state index is 0.440. The average molecular weight is 241 g/mol. The molecular weight excluding hydrogens is 220 g/mol. The van der Waals surface area contributed by atoms with Gasteiger partial charge in [-0.15, -0.1) is 0 Å². The van der Waals surface area contributed by atoms with Crippen molar-refractivity contribution in [3.8, 4) is 5.75 Å². The van der Waals surface area contributed by atoms with Crippen LogP contribution in [0, 0.1) is 23.8 Å². The highest BCUT2D eigenvalue weighted by Crippen LogP contribution is 2.61. The van der Waals surface area contributed by atoms with Crippen LogP contribution in [0.4, 0.5) is 0 Å². The topological polar surface area (TPSA) is 9.23 Å². The van der Waals surface area contributed by atoms with E-state index in [2.05, 4.69) is 18.2 Å². The largest absolute Gasteiger partial charge is 0.496 e. The maximum Gasteiger partial charge on any atom is 0.123 e. The zero-order chi connectivity index (χ0) is 12.2. The smallest absolute Gasteiger partial charge is 0.123 e. The van der Waals surface area contributed by atoms with E-state index in [1.165, 1.54) is 44.1 Å². The summed E-state index contributed by atoms with van der Waals surface area (Å²) in [6.07, 6.45) is 8.71.